The fourth-order valence-electron chi connectivity index (χ4n) is 2.72. The smallest absolute Gasteiger partial charge is 0.0743 e. The maximum absolute atomic E-state index is 5.66. The summed E-state index contributed by atoms with van der Waals surface area (Å²) in [5.41, 5.74) is 5.66. The molecule has 2 nitrogen and oxygen atoms in total. The van der Waals surface area contributed by atoms with Crippen LogP contribution in [0.5, 0.6) is 0 Å². The zero-order valence-electron chi connectivity index (χ0n) is 10.9. The average molecular weight is 242 g/mol. The zero-order chi connectivity index (χ0) is 12.1. The lowest BCUT2D eigenvalue weighted by atomic mass is 9.86. The summed E-state index contributed by atoms with van der Waals surface area (Å²) in [6.45, 7) is 9.37. The highest BCUT2D eigenvalue weighted by Gasteiger charge is 2.25. The van der Waals surface area contributed by atoms with Crippen LogP contribution in [0.1, 0.15) is 46.5 Å². The van der Waals surface area contributed by atoms with E-state index in [9.17, 15) is 0 Å². The highest BCUT2D eigenvalue weighted by atomic mass is 32.1. The van der Waals surface area contributed by atoms with E-state index in [0.717, 1.165) is 24.7 Å². The predicted molar refractivity (Wildman–Crippen MR) is 74.6 cm³/mol. The Hall–Kier alpha value is -0.150. The molecule has 1 rings (SSSR count). The van der Waals surface area contributed by atoms with Gasteiger partial charge in [-0.05, 0) is 44.2 Å². The number of hydrogen-bond donors (Lipinski definition) is 1. The fraction of sp³-hybridized carbons (Fsp3) is 0.923. The molecule has 0 aromatic rings. The van der Waals surface area contributed by atoms with Gasteiger partial charge in [0, 0.05) is 12.5 Å². The second-order valence-electron chi connectivity index (χ2n) is 5.35. The van der Waals surface area contributed by atoms with Crippen molar-refractivity contribution in [2.75, 3.05) is 13.1 Å². The first-order valence-corrected chi connectivity index (χ1v) is 6.97. The monoisotopic (exact) mass is 242 g/mol. The second kappa shape index (κ2) is 6.55. The van der Waals surface area contributed by atoms with Crippen LogP contribution in [0.15, 0.2) is 0 Å². The van der Waals surface area contributed by atoms with E-state index >= 15 is 0 Å². The van der Waals surface area contributed by atoms with E-state index in [1.807, 2.05) is 0 Å². The Morgan fingerprint density at radius 2 is 1.94 bits per heavy atom. The summed E-state index contributed by atoms with van der Waals surface area (Å²) in [5.74, 6) is 1.75. The molecule has 1 aliphatic heterocycles. The quantitative estimate of drug-likeness (QED) is 0.752. The van der Waals surface area contributed by atoms with Crippen LogP contribution >= 0.6 is 12.2 Å². The summed E-state index contributed by atoms with van der Waals surface area (Å²) in [5, 5.41) is 0. The minimum absolute atomic E-state index is 0.575. The SMILES string of the molecule is CCC(CC(N)=S)N1CCC(C(C)C)CC1. The summed E-state index contributed by atoms with van der Waals surface area (Å²) >= 11 is 5.02. The Bertz CT molecular complexity index is 220. The van der Waals surface area contributed by atoms with E-state index in [0.29, 0.717) is 11.0 Å². The van der Waals surface area contributed by atoms with Gasteiger partial charge in [0.25, 0.3) is 0 Å². The Morgan fingerprint density at radius 1 is 1.38 bits per heavy atom. The summed E-state index contributed by atoms with van der Waals surface area (Å²) in [6.07, 6.45) is 4.72. The molecule has 0 aromatic carbocycles. The van der Waals surface area contributed by atoms with E-state index in [1.54, 1.807) is 0 Å². The molecule has 0 aliphatic carbocycles. The van der Waals surface area contributed by atoms with E-state index in [2.05, 4.69) is 25.7 Å². The normalized spacial score (nSPS) is 21.2. The highest BCUT2D eigenvalue weighted by molar-refractivity contribution is 7.80. The summed E-state index contributed by atoms with van der Waals surface area (Å²) in [6, 6.07) is 0.575. The molecule has 94 valence electrons. The first-order chi connectivity index (χ1) is 7.54. The van der Waals surface area contributed by atoms with Crippen LogP contribution in [0.4, 0.5) is 0 Å². The fourth-order valence-corrected chi connectivity index (χ4v) is 2.91. The summed E-state index contributed by atoms with van der Waals surface area (Å²) in [4.78, 5) is 3.25. The number of hydrogen-bond acceptors (Lipinski definition) is 2. The van der Waals surface area contributed by atoms with Crippen LogP contribution < -0.4 is 5.73 Å². The summed E-state index contributed by atoms with van der Waals surface area (Å²) < 4.78 is 0. The van der Waals surface area contributed by atoms with Gasteiger partial charge in [-0.3, -0.25) is 4.90 Å². The number of thiocarbonyl (C=S) groups is 1. The third kappa shape index (κ3) is 4.02. The molecule has 1 fully saturated rings. The first-order valence-electron chi connectivity index (χ1n) is 6.57. The third-order valence-corrected chi connectivity index (χ3v) is 4.11. The lowest BCUT2D eigenvalue weighted by molar-refractivity contribution is 0.115. The minimum Gasteiger partial charge on any atom is -0.393 e. The molecule has 1 atom stereocenters. The van der Waals surface area contributed by atoms with Crippen LogP contribution in [-0.2, 0) is 0 Å². The molecular formula is C13H26N2S. The number of rotatable bonds is 5. The minimum atomic E-state index is 0.575. The van der Waals surface area contributed by atoms with Crippen molar-refractivity contribution in [2.24, 2.45) is 17.6 Å². The van der Waals surface area contributed by atoms with Gasteiger partial charge < -0.3 is 5.73 Å². The standard InChI is InChI=1S/C13H26N2S/c1-4-12(9-13(14)16)15-7-5-11(6-8-15)10(2)3/h10-12H,4-9H2,1-3H3,(H2,14,16). The molecule has 0 saturated carbocycles. The van der Waals surface area contributed by atoms with Crippen molar-refractivity contribution in [1.29, 1.82) is 0 Å². The number of nitrogens with two attached hydrogens (primary N) is 1. The second-order valence-corrected chi connectivity index (χ2v) is 5.87. The van der Waals surface area contributed by atoms with Gasteiger partial charge in [0.2, 0.25) is 0 Å². The van der Waals surface area contributed by atoms with Crippen molar-refractivity contribution in [3.8, 4) is 0 Å². The highest BCUT2D eigenvalue weighted by Crippen LogP contribution is 2.26. The lowest BCUT2D eigenvalue weighted by Gasteiger charge is -2.38. The molecule has 0 radical (unpaired) electrons. The van der Waals surface area contributed by atoms with Gasteiger partial charge in [0.1, 0.15) is 0 Å². The van der Waals surface area contributed by atoms with E-state index < -0.39 is 0 Å². The molecule has 3 heteroatoms. The lowest BCUT2D eigenvalue weighted by Crippen LogP contribution is -2.43. The maximum atomic E-state index is 5.66. The van der Waals surface area contributed by atoms with Gasteiger partial charge >= 0.3 is 0 Å². The molecule has 0 spiro atoms. The van der Waals surface area contributed by atoms with Crippen LogP contribution in [-0.4, -0.2) is 29.0 Å². The van der Waals surface area contributed by atoms with Crippen molar-refractivity contribution in [1.82, 2.24) is 4.90 Å². The topological polar surface area (TPSA) is 29.3 Å². The molecular weight excluding hydrogens is 216 g/mol. The van der Waals surface area contributed by atoms with Gasteiger partial charge in [0.05, 0.1) is 4.99 Å². The number of likely N-dealkylation sites (tertiary alicyclic amines) is 1. The summed E-state index contributed by atoms with van der Waals surface area (Å²) in [7, 11) is 0. The molecule has 16 heavy (non-hydrogen) atoms. The average Bonchev–Trinajstić information content (AvgIpc) is 2.25. The van der Waals surface area contributed by atoms with E-state index in [4.69, 9.17) is 18.0 Å². The Labute approximate surface area is 106 Å². The first kappa shape index (κ1) is 13.9. The van der Waals surface area contributed by atoms with Gasteiger partial charge in [-0.2, -0.15) is 0 Å². The van der Waals surface area contributed by atoms with Crippen molar-refractivity contribution in [2.45, 2.75) is 52.5 Å². The van der Waals surface area contributed by atoms with Gasteiger partial charge in [-0.25, -0.2) is 0 Å². The van der Waals surface area contributed by atoms with Crippen LogP contribution in [0.2, 0.25) is 0 Å². The molecule has 0 amide bonds. The zero-order valence-corrected chi connectivity index (χ0v) is 11.7. The van der Waals surface area contributed by atoms with Crippen molar-refractivity contribution >= 4 is 17.2 Å². The van der Waals surface area contributed by atoms with Gasteiger partial charge in [-0.15, -0.1) is 0 Å². The van der Waals surface area contributed by atoms with Crippen molar-refractivity contribution in [3.63, 3.8) is 0 Å². The van der Waals surface area contributed by atoms with E-state index in [-0.39, 0.29) is 0 Å². The third-order valence-electron chi connectivity index (χ3n) is 3.94. The molecule has 0 bridgehead atoms. The Kier molecular flexibility index (Phi) is 5.70. The molecule has 2 N–H and O–H groups in total. The number of nitrogens with zero attached hydrogens (tertiary/aromatic N) is 1. The molecule has 1 saturated heterocycles. The van der Waals surface area contributed by atoms with Crippen LogP contribution in [0.25, 0.3) is 0 Å². The Morgan fingerprint density at radius 3 is 2.31 bits per heavy atom. The van der Waals surface area contributed by atoms with Crippen molar-refractivity contribution in [3.05, 3.63) is 0 Å². The van der Waals surface area contributed by atoms with Gasteiger partial charge in [-0.1, -0.05) is 33.0 Å². The molecule has 1 aliphatic rings. The van der Waals surface area contributed by atoms with Crippen LogP contribution in [0.3, 0.4) is 0 Å². The Balaban J connectivity index is 2.41. The molecule has 0 aromatic heterocycles. The molecule has 1 heterocycles. The van der Waals surface area contributed by atoms with E-state index in [1.165, 1.54) is 25.9 Å². The largest absolute Gasteiger partial charge is 0.393 e. The van der Waals surface area contributed by atoms with Crippen LogP contribution in [0, 0.1) is 11.8 Å². The predicted octanol–water partition coefficient (Wildman–Crippen LogP) is 2.81. The van der Waals surface area contributed by atoms with Crippen molar-refractivity contribution < 1.29 is 0 Å². The maximum Gasteiger partial charge on any atom is 0.0743 e. The van der Waals surface area contributed by atoms with Gasteiger partial charge in [0.15, 0.2) is 0 Å². The number of piperidine rings is 1. The molecule has 1 unspecified atom stereocenters.